The molecule has 1 aliphatic carbocycles. The highest BCUT2D eigenvalue weighted by Gasteiger charge is 2.31. The molecule has 92 valence electrons. The number of nitrogens with zero attached hydrogens (tertiary/aromatic N) is 1. The molecule has 0 heterocycles. The van der Waals surface area contributed by atoms with E-state index in [0.717, 1.165) is 17.2 Å². The summed E-state index contributed by atoms with van der Waals surface area (Å²) in [6.45, 7) is 4.34. The molecular weight excluding hydrogens is 210 g/mol. The normalized spacial score (nSPS) is 16.6. The Morgan fingerprint density at radius 1 is 1.47 bits per heavy atom. The van der Waals surface area contributed by atoms with E-state index in [4.69, 9.17) is 11.1 Å². The average Bonchev–Trinajstić information content (AvgIpc) is 3.10. The number of para-hydroxylation sites is 1. The number of amidine groups is 1. The summed E-state index contributed by atoms with van der Waals surface area (Å²) in [4.78, 5) is 2.28. The molecule has 1 saturated carbocycles. The Hall–Kier alpha value is -1.51. The van der Waals surface area contributed by atoms with Crippen molar-refractivity contribution in [1.29, 1.82) is 5.41 Å². The minimum absolute atomic E-state index is 0.151. The highest BCUT2D eigenvalue weighted by Crippen LogP contribution is 2.37. The van der Waals surface area contributed by atoms with E-state index in [-0.39, 0.29) is 5.84 Å². The summed E-state index contributed by atoms with van der Waals surface area (Å²) in [6.07, 6.45) is 2.65. The molecule has 3 N–H and O–H groups in total. The van der Waals surface area contributed by atoms with Gasteiger partial charge in [-0.25, -0.2) is 0 Å². The molecule has 0 spiro atoms. The van der Waals surface area contributed by atoms with Crippen LogP contribution < -0.4 is 10.6 Å². The Morgan fingerprint density at radius 3 is 2.65 bits per heavy atom. The Kier molecular flexibility index (Phi) is 3.09. The van der Waals surface area contributed by atoms with Gasteiger partial charge in [0.1, 0.15) is 5.84 Å². The van der Waals surface area contributed by atoms with E-state index >= 15 is 0 Å². The van der Waals surface area contributed by atoms with Crippen molar-refractivity contribution in [3.05, 3.63) is 29.3 Å². The van der Waals surface area contributed by atoms with Crippen LogP contribution in [0, 0.1) is 18.3 Å². The predicted octanol–water partition coefficient (Wildman–Crippen LogP) is 2.51. The van der Waals surface area contributed by atoms with Crippen LogP contribution in [-0.4, -0.2) is 18.9 Å². The molecule has 3 heteroatoms. The lowest BCUT2D eigenvalue weighted by Crippen LogP contribution is -2.33. The van der Waals surface area contributed by atoms with Gasteiger partial charge in [0, 0.05) is 18.7 Å². The van der Waals surface area contributed by atoms with Crippen LogP contribution in [0.1, 0.15) is 30.9 Å². The molecule has 0 bridgehead atoms. The van der Waals surface area contributed by atoms with E-state index in [1.54, 1.807) is 0 Å². The molecule has 1 unspecified atom stereocenters. The van der Waals surface area contributed by atoms with E-state index in [0.29, 0.717) is 6.04 Å². The molecular formula is C14H21N3. The fourth-order valence-corrected chi connectivity index (χ4v) is 2.44. The third-order valence-electron chi connectivity index (χ3n) is 3.80. The number of rotatable bonds is 4. The van der Waals surface area contributed by atoms with Gasteiger partial charge in [-0.3, -0.25) is 5.41 Å². The van der Waals surface area contributed by atoms with E-state index in [1.807, 2.05) is 12.1 Å². The molecule has 0 radical (unpaired) electrons. The molecule has 0 saturated heterocycles. The van der Waals surface area contributed by atoms with Gasteiger partial charge < -0.3 is 10.6 Å². The van der Waals surface area contributed by atoms with E-state index in [9.17, 15) is 0 Å². The summed E-state index contributed by atoms with van der Waals surface area (Å²) in [7, 11) is 2.11. The molecule has 1 atom stereocenters. The van der Waals surface area contributed by atoms with Crippen LogP contribution >= 0.6 is 0 Å². The van der Waals surface area contributed by atoms with Crippen molar-refractivity contribution in [2.45, 2.75) is 32.7 Å². The van der Waals surface area contributed by atoms with Crippen molar-refractivity contribution in [2.24, 2.45) is 11.7 Å². The van der Waals surface area contributed by atoms with Crippen LogP contribution in [0.2, 0.25) is 0 Å². The summed E-state index contributed by atoms with van der Waals surface area (Å²) in [6, 6.07) is 6.50. The summed E-state index contributed by atoms with van der Waals surface area (Å²) in [5.74, 6) is 0.956. The van der Waals surface area contributed by atoms with E-state index in [1.165, 1.54) is 18.4 Å². The zero-order valence-electron chi connectivity index (χ0n) is 10.8. The van der Waals surface area contributed by atoms with Gasteiger partial charge in [-0.1, -0.05) is 12.1 Å². The van der Waals surface area contributed by atoms with Crippen molar-refractivity contribution >= 4 is 11.5 Å². The third kappa shape index (κ3) is 2.28. The first-order valence-corrected chi connectivity index (χ1v) is 6.19. The van der Waals surface area contributed by atoms with Crippen LogP contribution in [0.3, 0.4) is 0 Å². The molecule has 17 heavy (non-hydrogen) atoms. The van der Waals surface area contributed by atoms with Crippen molar-refractivity contribution in [2.75, 3.05) is 11.9 Å². The van der Waals surface area contributed by atoms with E-state index in [2.05, 4.69) is 31.9 Å². The molecule has 0 aromatic heterocycles. The Morgan fingerprint density at radius 2 is 2.12 bits per heavy atom. The summed E-state index contributed by atoms with van der Waals surface area (Å²) >= 11 is 0. The minimum atomic E-state index is 0.151. The Balaban J connectivity index is 2.38. The molecule has 0 aliphatic heterocycles. The van der Waals surface area contributed by atoms with Gasteiger partial charge in [-0.15, -0.1) is 0 Å². The second kappa shape index (κ2) is 4.40. The Labute approximate surface area is 103 Å². The molecule has 2 rings (SSSR count). The average molecular weight is 231 g/mol. The fourth-order valence-electron chi connectivity index (χ4n) is 2.44. The molecule has 1 aromatic carbocycles. The van der Waals surface area contributed by atoms with Crippen molar-refractivity contribution < 1.29 is 0 Å². The largest absolute Gasteiger partial charge is 0.384 e. The van der Waals surface area contributed by atoms with Gasteiger partial charge in [0.2, 0.25) is 0 Å². The maximum absolute atomic E-state index is 7.68. The molecule has 1 fully saturated rings. The number of anilines is 1. The zero-order valence-corrected chi connectivity index (χ0v) is 10.8. The monoisotopic (exact) mass is 231 g/mol. The highest BCUT2D eigenvalue weighted by atomic mass is 15.1. The van der Waals surface area contributed by atoms with Crippen LogP contribution in [0.4, 0.5) is 5.69 Å². The number of aryl methyl sites for hydroxylation is 1. The fraction of sp³-hybridized carbons (Fsp3) is 0.500. The number of nitrogens with two attached hydrogens (primary N) is 1. The van der Waals surface area contributed by atoms with Gasteiger partial charge in [0.15, 0.2) is 0 Å². The molecule has 3 nitrogen and oxygen atoms in total. The minimum Gasteiger partial charge on any atom is -0.384 e. The lowest BCUT2D eigenvalue weighted by molar-refractivity contribution is 0.608. The zero-order chi connectivity index (χ0) is 12.6. The van der Waals surface area contributed by atoms with E-state index < -0.39 is 0 Å². The molecule has 0 amide bonds. The third-order valence-corrected chi connectivity index (χ3v) is 3.80. The second-order valence-corrected chi connectivity index (χ2v) is 5.07. The van der Waals surface area contributed by atoms with Crippen molar-refractivity contribution in [1.82, 2.24) is 0 Å². The first-order chi connectivity index (χ1) is 8.02. The van der Waals surface area contributed by atoms with Crippen LogP contribution in [-0.2, 0) is 0 Å². The molecule has 1 aliphatic rings. The maximum Gasteiger partial charge on any atom is 0.124 e. The quantitative estimate of drug-likeness (QED) is 0.618. The first-order valence-electron chi connectivity index (χ1n) is 6.19. The van der Waals surface area contributed by atoms with Gasteiger partial charge in [0.05, 0.1) is 5.69 Å². The van der Waals surface area contributed by atoms with Gasteiger partial charge in [-0.05, 0) is 44.2 Å². The number of nitrogen functional groups attached to an aromatic ring is 1. The summed E-state index contributed by atoms with van der Waals surface area (Å²) in [5, 5.41) is 7.68. The maximum atomic E-state index is 7.68. The summed E-state index contributed by atoms with van der Waals surface area (Å²) < 4.78 is 0. The topological polar surface area (TPSA) is 53.1 Å². The van der Waals surface area contributed by atoms with Gasteiger partial charge in [0.25, 0.3) is 0 Å². The standard InChI is InChI=1S/C14H21N3/c1-9-5-4-6-12(14(15)16)13(9)17(3)10(2)11-7-8-11/h4-6,10-11H,7-8H2,1-3H3,(H3,15,16). The van der Waals surface area contributed by atoms with Crippen LogP contribution in [0.15, 0.2) is 18.2 Å². The number of nitrogens with one attached hydrogen (secondary N) is 1. The number of hydrogen-bond acceptors (Lipinski definition) is 2. The van der Waals surface area contributed by atoms with Gasteiger partial charge >= 0.3 is 0 Å². The summed E-state index contributed by atoms with van der Waals surface area (Å²) in [5.41, 5.74) is 8.82. The first kappa shape index (κ1) is 12.0. The predicted molar refractivity (Wildman–Crippen MR) is 72.8 cm³/mol. The highest BCUT2D eigenvalue weighted by molar-refractivity contribution is 6.01. The van der Waals surface area contributed by atoms with Gasteiger partial charge in [-0.2, -0.15) is 0 Å². The van der Waals surface area contributed by atoms with Crippen LogP contribution in [0.25, 0.3) is 0 Å². The number of hydrogen-bond donors (Lipinski definition) is 2. The molecule has 1 aromatic rings. The lowest BCUT2D eigenvalue weighted by atomic mass is 10.0. The number of benzene rings is 1. The van der Waals surface area contributed by atoms with Crippen LogP contribution in [0.5, 0.6) is 0 Å². The lowest BCUT2D eigenvalue weighted by Gasteiger charge is -2.30. The van der Waals surface area contributed by atoms with Crippen molar-refractivity contribution in [3.63, 3.8) is 0 Å². The SMILES string of the molecule is Cc1cccc(C(=N)N)c1N(C)C(C)C1CC1. The van der Waals surface area contributed by atoms with Crippen molar-refractivity contribution in [3.8, 4) is 0 Å². The Bertz CT molecular complexity index is 435. The smallest absolute Gasteiger partial charge is 0.124 e. The second-order valence-electron chi connectivity index (χ2n) is 5.07.